The number of hydrogen-bond acceptors (Lipinski definition) is 5. The first-order valence-corrected chi connectivity index (χ1v) is 11.8. The highest BCUT2D eigenvalue weighted by atomic mass is 16.5. The largest absolute Gasteiger partial charge is 0.479 e. The highest BCUT2D eigenvalue weighted by molar-refractivity contribution is 5.87. The van der Waals surface area contributed by atoms with Crippen LogP contribution in [0.15, 0.2) is 61.2 Å². The van der Waals surface area contributed by atoms with E-state index in [0.29, 0.717) is 19.4 Å². The van der Waals surface area contributed by atoms with Crippen molar-refractivity contribution in [2.75, 3.05) is 19.7 Å². The van der Waals surface area contributed by atoms with Crippen LogP contribution in [0.5, 0.6) is 0 Å². The summed E-state index contributed by atoms with van der Waals surface area (Å²) in [5.74, 6) is -1.91. The van der Waals surface area contributed by atoms with Crippen LogP contribution in [0.3, 0.4) is 0 Å². The Labute approximate surface area is 204 Å². The Morgan fingerprint density at radius 3 is 2.37 bits per heavy atom. The minimum atomic E-state index is -1.99. The number of β-amino-alcohol motifs (C(OH)–C–C–N with tert-alkyl or cyclic N) is 1. The first kappa shape index (κ1) is 24.5. The first-order chi connectivity index (χ1) is 16.8. The zero-order valence-corrected chi connectivity index (χ0v) is 19.5. The molecule has 0 radical (unpaired) electrons. The third-order valence-corrected chi connectivity index (χ3v) is 6.77. The van der Waals surface area contributed by atoms with Crippen LogP contribution in [0.25, 0.3) is 11.1 Å². The van der Waals surface area contributed by atoms with Crippen molar-refractivity contribution < 1.29 is 29.3 Å². The number of piperidine rings is 1. The molecule has 8 nitrogen and oxygen atoms in total. The SMILES string of the molecule is C=CCCC(NC(=O)OCC1c2ccccc2-c2ccccc21)C(=O)N1CCCC(O)(C(=O)O)C1. The Hall–Kier alpha value is -3.65. The van der Waals surface area contributed by atoms with Gasteiger partial charge >= 0.3 is 12.1 Å². The Morgan fingerprint density at radius 1 is 1.14 bits per heavy atom. The molecule has 1 fully saturated rings. The monoisotopic (exact) mass is 478 g/mol. The van der Waals surface area contributed by atoms with E-state index in [4.69, 9.17) is 4.74 Å². The number of likely N-dealkylation sites (tertiary alicyclic amines) is 1. The van der Waals surface area contributed by atoms with Crippen LogP contribution in [0, 0.1) is 0 Å². The number of ether oxygens (including phenoxy) is 1. The Morgan fingerprint density at radius 2 is 1.77 bits per heavy atom. The van der Waals surface area contributed by atoms with Gasteiger partial charge in [0, 0.05) is 12.5 Å². The van der Waals surface area contributed by atoms with E-state index in [1.165, 1.54) is 4.90 Å². The number of carbonyl (C=O) groups excluding carboxylic acids is 2. The quantitative estimate of drug-likeness (QED) is 0.502. The molecule has 2 aromatic carbocycles. The highest BCUT2D eigenvalue weighted by Gasteiger charge is 2.43. The van der Waals surface area contributed by atoms with Crippen LogP contribution < -0.4 is 5.32 Å². The van der Waals surface area contributed by atoms with Crippen LogP contribution in [-0.4, -0.2) is 64.4 Å². The fourth-order valence-electron chi connectivity index (χ4n) is 4.94. The Bertz CT molecular complexity index is 1090. The summed E-state index contributed by atoms with van der Waals surface area (Å²) >= 11 is 0. The molecule has 3 N–H and O–H groups in total. The molecule has 0 aromatic heterocycles. The molecule has 2 amide bonds. The number of amides is 2. The van der Waals surface area contributed by atoms with Crippen molar-refractivity contribution in [2.24, 2.45) is 0 Å². The number of fused-ring (bicyclic) bond motifs is 3. The average molecular weight is 479 g/mol. The van der Waals surface area contributed by atoms with Gasteiger partial charge in [-0.15, -0.1) is 6.58 Å². The predicted molar refractivity (Wildman–Crippen MR) is 130 cm³/mol. The number of nitrogens with one attached hydrogen (secondary N) is 1. The molecule has 184 valence electrons. The average Bonchev–Trinajstić information content (AvgIpc) is 3.18. The number of carboxylic acids is 1. The van der Waals surface area contributed by atoms with Gasteiger partial charge in [-0.3, -0.25) is 4.79 Å². The van der Waals surface area contributed by atoms with Crippen molar-refractivity contribution >= 4 is 18.0 Å². The number of carboxylic acid groups (broad SMARTS) is 1. The molecule has 1 saturated heterocycles. The zero-order valence-electron chi connectivity index (χ0n) is 19.5. The van der Waals surface area contributed by atoms with E-state index in [9.17, 15) is 24.6 Å². The van der Waals surface area contributed by atoms with Crippen LogP contribution in [0.4, 0.5) is 4.79 Å². The van der Waals surface area contributed by atoms with Gasteiger partial charge in [-0.1, -0.05) is 54.6 Å². The molecule has 8 heteroatoms. The molecule has 0 spiro atoms. The number of carbonyl (C=O) groups is 3. The number of alkyl carbamates (subject to hydrolysis) is 1. The summed E-state index contributed by atoms with van der Waals surface area (Å²) in [6.07, 6.45) is 2.10. The van der Waals surface area contributed by atoms with Gasteiger partial charge in [0.05, 0.1) is 6.54 Å². The second kappa shape index (κ2) is 10.3. The molecule has 1 heterocycles. The molecular weight excluding hydrogens is 448 g/mol. The maximum Gasteiger partial charge on any atom is 0.407 e. The highest BCUT2D eigenvalue weighted by Crippen LogP contribution is 2.44. The van der Waals surface area contributed by atoms with Gasteiger partial charge in [-0.2, -0.15) is 0 Å². The lowest BCUT2D eigenvalue weighted by Gasteiger charge is -2.37. The Kier molecular flexibility index (Phi) is 7.21. The molecule has 0 saturated carbocycles. The van der Waals surface area contributed by atoms with Crippen LogP contribution in [0.1, 0.15) is 42.7 Å². The van der Waals surface area contributed by atoms with Gasteiger partial charge in [-0.25, -0.2) is 9.59 Å². The zero-order chi connectivity index (χ0) is 25.0. The van der Waals surface area contributed by atoms with Crippen molar-refractivity contribution in [1.29, 1.82) is 0 Å². The fraction of sp³-hybridized carbons (Fsp3) is 0.370. The van der Waals surface area contributed by atoms with E-state index in [-0.39, 0.29) is 31.9 Å². The van der Waals surface area contributed by atoms with Crippen molar-refractivity contribution in [3.05, 3.63) is 72.3 Å². The summed E-state index contributed by atoms with van der Waals surface area (Å²) in [6.45, 7) is 3.78. The summed E-state index contributed by atoms with van der Waals surface area (Å²) in [7, 11) is 0. The van der Waals surface area contributed by atoms with Crippen molar-refractivity contribution in [1.82, 2.24) is 10.2 Å². The van der Waals surface area contributed by atoms with E-state index >= 15 is 0 Å². The van der Waals surface area contributed by atoms with Crippen LogP contribution in [0.2, 0.25) is 0 Å². The van der Waals surface area contributed by atoms with E-state index in [2.05, 4.69) is 24.0 Å². The Balaban J connectivity index is 1.43. The second-order valence-electron chi connectivity index (χ2n) is 9.09. The molecule has 2 unspecified atom stereocenters. The molecule has 1 aliphatic carbocycles. The number of hydrogen-bond donors (Lipinski definition) is 3. The third-order valence-electron chi connectivity index (χ3n) is 6.77. The maximum absolute atomic E-state index is 13.2. The standard InChI is InChI=1S/C27H30N2O6/c1-2-3-13-23(24(30)29-15-8-14-27(34,17-29)25(31)32)28-26(33)35-16-22-20-11-6-4-9-18(20)19-10-5-7-12-21(19)22/h2,4-7,9-12,22-23,34H,1,3,8,13-17H2,(H,28,33)(H,31,32). The maximum atomic E-state index is 13.2. The smallest absolute Gasteiger partial charge is 0.407 e. The summed E-state index contributed by atoms with van der Waals surface area (Å²) in [5.41, 5.74) is 2.42. The molecule has 35 heavy (non-hydrogen) atoms. The van der Waals surface area contributed by atoms with Gasteiger partial charge in [0.1, 0.15) is 12.6 Å². The number of aliphatic hydroxyl groups is 1. The number of rotatable bonds is 8. The van der Waals surface area contributed by atoms with Gasteiger partial charge in [0.15, 0.2) is 5.60 Å². The van der Waals surface area contributed by atoms with Gasteiger partial charge in [0.2, 0.25) is 5.91 Å². The minimum absolute atomic E-state index is 0.0727. The van der Waals surface area contributed by atoms with Crippen LogP contribution in [-0.2, 0) is 14.3 Å². The second-order valence-corrected chi connectivity index (χ2v) is 9.09. The van der Waals surface area contributed by atoms with E-state index in [1.54, 1.807) is 6.08 Å². The number of allylic oxidation sites excluding steroid dienone is 1. The van der Waals surface area contributed by atoms with Crippen molar-refractivity contribution in [2.45, 2.75) is 43.2 Å². The van der Waals surface area contributed by atoms with Gasteiger partial charge in [0.25, 0.3) is 0 Å². The summed E-state index contributed by atoms with van der Waals surface area (Å²) in [4.78, 5) is 38.7. The van der Waals surface area contributed by atoms with E-state index in [0.717, 1.165) is 22.3 Å². The number of aliphatic carboxylic acids is 1. The number of benzene rings is 2. The molecule has 2 atom stereocenters. The molecular formula is C27H30N2O6. The van der Waals surface area contributed by atoms with Gasteiger partial charge in [-0.05, 0) is 47.9 Å². The predicted octanol–water partition coefficient (Wildman–Crippen LogP) is 3.30. The summed E-state index contributed by atoms with van der Waals surface area (Å²) < 4.78 is 5.58. The molecule has 0 bridgehead atoms. The molecule has 4 rings (SSSR count). The topological polar surface area (TPSA) is 116 Å². The summed E-state index contributed by atoms with van der Waals surface area (Å²) in [6, 6.07) is 15.1. The summed E-state index contributed by atoms with van der Waals surface area (Å²) in [5, 5.41) is 22.3. The lowest BCUT2D eigenvalue weighted by Crippen LogP contribution is -2.58. The van der Waals surface area contributed by atoms with Crippen molar-refractivity contribution in [3.8, 4) is 11.1 Å². The van der Waals surface area contributed by atoms with Gasteiger partial charge < -0.3 is 25.2 Å². The van der Waals surface area contributed by atoms with E-state index in [1.807, 2.05) is 36.4 Å². The lowest BCUT2D eigenvalue weighted by atomic mass is 9.92. The molecule has 2 aliphatic rings. The third kappa shape index (κ3) is 5.07. The first-order valence-electron chi connectivity index (χ1n) is 11.8. The van der Waals surface area contributed by atoms with Crippen molar-refractivity contribution in [3.63, 3.8) is 0 Å². The lowest BCUT2D eigenvalue weighted by molar-refractivity contribution is -0.167. The van der Waals surface area contributed by atoms with Crippen LogP contribution >= 0.6 is 0 Å². The number of nitrogens with zero attached hydrogens (tertiary/aromatic N) is 1. The molecule has 2 aromatic rings. The molecule has 1 aliphatic heterocycles. The fourth-order valence-corrected chi connectivity index (χ4v) is 4.94. The van der Waals surface area contributed by atoms with E-state index < -0.39 is 29.6 Å². The normalized spacial score (nSPS) is 19.9. The minimum Gasteiger partial charge on any atom is -0.479 e.